The van der Waals surface area contributed by atoms with E-state index >= 15 is 0 Å². The van der Waals surface area contributed by atoms with Crippen LogP contribution in [0.4, 0.5) is 9.52 Å². The highest BCUT2D eigenvalue weighted by molar-refractivity contribution is 7.99. The lowest BCUT2D eigenvalue weighted by atomic mass is 10.2. The zero-order valence-corrected chi connectivity index (χ0v) is 17.9. The summed E-state index contributed by atoms with van der Waals surface area (Å²) in [5.74, 6) is 0.289. The summed E-state index contributed by atoms with van der Waals surface area (Å²) < 4.78 is 13.0. The molecule has 1 aliphatic rings. The van der Waals surface area contributed by atoms with Gasteiger partial charge in [-0.1, -0.05) is 12.1 Å². The van der Waals surface area contributed by atoms with Crippen molar-refractivity contribution < 1.29 is 14.0 Å². The Kier molecular flexibility index (Phi) is 5.93. The predicted molar refractivity (Wildman–Crippen MR) is 114 cm³/mol. The van der Waals surface area contributed by atoms with E-state index in [0.29, 0.717) is 28.1 Å². The van der Waals surface area contributed by atoms with Gasteiger partial charge >= 0.3 is 0 Å². The van der Waals surface area contributed by atoms with Crippen LogP contribution >= 0.6 is 34.4 Å². The molecule has 3 aromatic rings. The molecule has 2 aromatic heterocycles. The summed E-state index contributed by atoms with van der Waals surface area (Å²) in [7, 11) is 0. The Bertz CT molecular complexity index is 1030. The Hall–Kier alpha value is -2.30. The quantitative estimate of drug-likeness (QED) is 0.643. The number of amides is 2. The molecule has 1 N–H and O–H groups in total. The molecule has 1 atom stereocenters. The fourth-order valence-corrected chi connectivity index (χ4v) is 5.60. The van der Waals surface area contributed by atoms with Crippen LogP contribution in [0, 0.1) is 12.7 Å². The summed E-state index contributed by atoms with van der Waals surface area (Å²) in [5, 5.41) is 4.11. The molecular formula is C19H17FN4O2S3. The molecule has 0 saturated carbocycles. The number of carbonyl (C=O) groups is 2. The number of thioether (sulfide) groups is 1. The van der Waals surface area contributed by atoms with Crippen molar-refractivity contribution in [1.82, 2.24) is 14.9 Å². The molecule has 4 rings (SSSR count). The molecular weight excluding hydrogens is 431 g/mol. The number of halogens is 1. The number of nitrogens with one attached hydrogen (secondary N) is 1. The fraction of sp³-hybridized carbons (Fsp3) is 0.263. The van der Waals surface area contributed by atoms with Gasteiger partial charge < -0.3 is 10.2 Å². The van der Waals surface area contributed by atoms with Crippen LogP contribution in [0.25, 0.3) is 0 Å². The molecule has 1 saturated heterocycles. The van der Waals surface area contributed by atoms with E-state index < -0.39 is 6.04 Å². The molecule has 0 radical (unpaired) electrons. The lowest BCUT2D eigenvalue weighted by molar-refractivity contribution is -0.119. The zero-order valence-electron chi connectivity index (χ0n) is 15.4. The largest absolute Gasteiger partial charge is 0.316 e. The van der Waals surface area contributed by atoms with E-state index in [1.54, 1.807) is 41.2 Å². The smallest absolute Gasteiger partial charge is 0.266 e. The maximum atomic E-state index is 13.0. The first-order chi connectivity index (χ1) is 14.0. The second-order valence-corrected chi connectivity index (χ2v) is 9.83. The SMILES string of the molecule is Cc1cnc(NC(=O)C2CSCN2C(=O)c2cnc(Cc3ccc(F)cc3)s2)s1. The zero-order chi connectivity index (χ0) is 20.4. The van der Waals surface area contributed by atoms with Crippen molar-refractivity contribution in [1.29, 1.82) is 0 Å². The molecule has 2 amide bonds. The molecule has 29 heavy (non-hydrogen) atoms. The van der Waals surface area contributed by atoms with Gasteiger partial charge in [0.05, 0.1) is 17.1 Å². The predicted octanol–water partition coefficient (Wildman–Crippen LogP) is 3.79. The number of aryl methyl sites for hydroxylation is 1. The van der Waals surface area contributed by atoms with Crippen LogP contribution in [0.1, 0.15) is 25.1 Å². The van der Waals surface area contributed by atoms with Crippen LogP contribution in [-0.2, 0) is 11.2 Å². The van der Waals surface area contributed by atoms with Crippen molar-refractivity contribution in [2.75, 3.05) is 16.9 Å². The molecule has 0 aliphatic carbocycles. The summed E-state index contributed by atoms with van der Waals surface area (Å²) in [6, 6.07) is 5.68. The molecule has 10 heteroatoms. The van der Waals surface area contributed by atoms with E-state index in [-0.39, 0.29) is 17.6 Å². The molecule has 0 bridgehead atoms. The van der Waals surface area contributed by atoms with Gasteiger partial charge in [-0.2, -0.15) is 0 Å². The van der Waals surface area contributed by atoms with Crippen molar-refractivity contribution >= 4 is 51.4 Å². The number of rotatable bonds is 5. The summed E-state index contributed by atoms with van der Waals surface area (Å²) >= 11 is 4.25. The topological polar surface area (TPSA) is 75.2 Å². The molecule has 1 aromatic carbocycles. The Labute approximate surface area is 179 Å². The Morgan fingerprint density at radius 2 is 2.00 bits per heavy atom. The lowest BCUT2D eigenvalue weighted by Gasteiger charge is -2.21. The second kappa shape index (κ2) is 8.60. The van der Waals surface area contributed by atoms with E-state index in [9.17, 15) is 14.0 Å². The molecule has 6 nitrogen and oxygen atoms in total. The third-order valence-electron chi connectivity index (χ3n) is 4.33. The highest BCUT2D eigenvalue weighted by atomic mass is 32.2. The standard InChI is InChI=1S/C19H17FN4O2S3/c1-11-7-22-19(28-11)23-17(25)14-9-27-10-24(14)18(26)15-8-21-16(29-15)6-12-2-4-13(20)5-3-12/h2-5,7-8,14H,6,9-10H2,1H3,(H,22,23,25). The van der Waals surface area contributed by atoms with Crippen LogP contribution in [0.2, 0.25) is 0 Å². The van der Waals surface area contributed by atoms with E-state index in [2.05, 4.69) is 15.3 Å². The monoisotopic (exact) mass is 448 g/mol. The van der Waals surface area contributed by atoms with E-state index in [1.807, 2.05) is 6.92 Å². The average molecular weight is 449 g/mol. The first kappa shape index (κ1) is 20.0. The van der Waals surface area contributed by atoms with Crippen molar-refractivity contribution in [3.8, 4) is 0 Å². The van der Waals surface area contributed by atoms with Crippen LogP contribution in [0.5, 0.6) is 0 Å². The van der Waals surface area contributed by atoms with Crippen LogP contribution in [-0.4, -0.2) is 44.4 Å². The number of nitrogens with zero attached hydrogens (tertiary/aromatic N) is 3. The highest BCUT2D eigenvalue weighted by Gasteiger charge is 2.36. The molecule has 1 unspecified atom stereocenters. The molecule has 150 valence electrons. The molecule has 3 heterocycles. The summed E-state index contributed by atoms with van der Waals surface area (Å²) in [6.45, 7) is 1.92. The minimum absolute atomic E-state index is 0.201. The minimum atomic E-state index is -0.542. The third-order valence-corrected chi connectivity index (χ3v) is 7.16. The number of hydrogen-bond acceptors (Lipinski definition) is 7. The first-order valence-corrected chi connectivity index (χ1v) is 11.6. The maximum absolute atomic E-state index is 13.0. The van der Waals surface area contributed by atoms with Crippen molar-refractivity contribution in [2.45, 2.75) is 19.4 Å². The first-order valence-electron chi connectivity index (χ1n) is 8.81. The number of benzene rings is 1. The summed E-state index contributed by atoms with van der Waals surface area (Å²) in [6.07, 6.45) is 3.78. The van der Waals surface area contributed by atoms with Crippen molar-refractivity contribution in [3.05, 3.63) is 62.8 Å². The van der Waals surface area contributed by atoms with Gasteiger partial charge in [0, 0.05) is 23.2 Å². The van der Waals surface area contributed by atoms with Crippen LogP contribution in [0.15, 0.2) is 36.7 Å². The Morgan fingerprint density at radius 1 is 1.21 bits per heavy atom. The molecule has 0 spiro atoms. The van der Waals surface area contributed by atoms with Crippen LogP contribution in [0.3, 0.4) is 0 Å². The van der Waals surface area contributed by atoms with Crippen molar-refractivity contribution in [2.24, 2.45) is 0 Å². The van der Waals surface area contributed by atoms with Gasteiger partial charge in [-0.25, -0.2) is 14.4 Å². The van der Waals surface area contributed by atoms with Gasteiger partial charge in [-0.05, 0) is 24.6 Å². The van der Waals surface area contributed by atoms with Gasteiger partial charge in [-0.3, -0.25) is 9.59 Å². The third kappa shape index (κ3) is 4.65. The van der Waals surface area contributed by atoms with Gasteiger partial charge in [0.1, 0.15) is 16.7 Å². The number of carbonyl (C=O) groups excluding carboxylic acids is 2. The summed E-state index contributed by atoms with van der Waals surface area (Å²) in [5.41, 5.74) is 0.924. The van der Waals surface area contributed by atoms with Gasteiger partial charge in [0.2, 0.25) is 5.91 Å². The summed E-state index contributed by atoms with van der Waals surface area (Å²) in [4.78, 5) is 37.2. The van der Waals surface area contributed by atoms with E-state index in [1.165, 1.54) is 34.8 Å². The number of aromatic nitrogens is 2. The van der Waals surface area contributed by atoms with Crippen LogP contribution < -0.4 is 5.32 Å². The van der Waals surface area contributed by atoms with Gasteiger partial charge in [0.15, 0.2) is 5.13 Å². The second-order valence-electron chi connectivity index (χ2n) is 6.48. The number of hydrogen-bond donors (Lipinski definition) is 1. The Balaban J connectivity index is 1.43. The minimum Gasteiger partial charge on any atom is -0.316 e. The van der Waals surface area contributed by atoms with E-state index in [4.69, 9.17) is 0 Å². The average Bonchev–Trinajstić information content (AvgIpc) is 3.44. The molecule has 1 fully saturated rings. The maximum Gasteiger partial charge on any atom is 0.266 e. The van der Waals surface area contributed by atoms with Crippen molar-refractivity contribution in [3.63, 3.8) is 0 Å². The van der Waals surface area contributed by atoms with E-state index in [0.717, 1.165) is 15.4 Å². The molecule has 1 aliphatic heterocycles. The Morgan fingerprint density at radius 3 is 2.72 bits per heavy atom. The highest BCUT2D eigenvalue weighted by Crippen LogP contribution is 2.27. The number of thiazole rings is 2. The normalized spacial score (nSPS) is 16.2. The fourth-order valence-electron chi connectivity index (χ4n) is 2.87. The number of anilines is 1. The lowest BCUT2D eigenvalue weighted by Crippen LogP contribution is -2.44. The van der Waals surface area contributed by atoms with Gasteiger partial charge in [-0.15, -0.1) is 34.4 Å². The van der Waals surface area contributed by atoms with Gasteiger partial charge in [0.25, 0.3) is 5.91 Å².